The molecule has 1 aromatic rings. The van der Waals surface area contributed by atoms with Crippen molar-refractivity contribution in [2.45, 2.75) is 39.3 Å². The fraction of sp³-hybridized carbons (Fsp3) is 0.462. The van der Waals surface area contributed by atoms with Crippen molar-refractivity contribution in [3.05, 3.63) is 29.1 Å². The Labute approximate surface area is 118 Å². The monoisotopic (exact) mass is 310 g/mol. The van der Waals surface area contributed by atoms with Gasteiger partial charge in [0.1, 0.15) is 11.7 Å². The quantitative estimate of drug-likeness (QED) is 0.498. The van der Waals surface area contributed by atoms with Crippen LogP contribution in [0.3, 0.4) is 0 Å². The zero-order chi connectivity index (χ0) is 16.3. The molecule has 2 atom stereocenters. The summed E-state index contributed by atoms with van der Waals surface area (Å²) < 4.78 is 65.8. The van der Waals surface area contributed by atoms with Crippen molar-refractivity contribution in [1.82, 2.24) is 5.32 Å². The van der Waals surface area contributed by atoms with Crippen LogP contribution < -0.4 is 10.6 Å². The maximum absolute atomic E-state index is 13.4. The Kier molecular flexibility index (Phi) is 5.51. The molecule has 0 saturated heterocycles. The van der Waals surface area contributed by atoms with Gasteiger partial charge in [0.15, 0.2) is 23.3 Å². The first-order chi connectivity index (χ1) is 9.70. The van der Waals surface area contributed by atoms with E-state index in [2.05, 4.69) is 5.32 Å². The van der Waals surface area contributed by atoms with Gasteiger partial charge < -0.3 is 10.6 Å². The number of halogens is 5. The van der Waals surface area contributed by atoms with Crippen molar-refractivity contribution in [2.75, 3.05) is 5.32 Å². The molecule has 1 rings (SSSR count). The second kappa shape index (κ2) is 6.73. The predicted molar refractivity (Wildman–Crippen MR) is 67.2 cm³/mol. The first kappa shape index (κ1) is 17.2. The molecule has 0 aliphatic rings. The number of hydrogen-bond donors (Lipinski definition) is 2. The molecule has 0 bridgehead atoms. The summed E-state index contributed by atoms with van der Waals surface area (Å²) in [6, 6.07) is -1.36. The number of nitrogens with one attached hydrogen (secondary N) is 2. The highest BCUT2D eigenvalue weighted by molar-refractivity contribution is 5.84. The van der Waals surface area contributed by atoms with Crippen LogP contribution in [0.15, 0.2) is 0 Å². The summed E-state index contributed by atoms with van der Waals surface area (Å²) in [5.74, 6) is -11.0. The molecular formula is C13H15F5N2O. The van der Waals surface area contributed by atoms with E-state index in [1.807, 2.05) is 12.2 Å². The lowest BCUT2D eigenvalue weighted by Crippen LogP contribution is -2.42. The van der Waals surface area contributed by atoms with Gasteiger partial charge in [-0.2, -0.15) is 0 Å². The number of carbonyl (C=O) groups excluding carboxylic acids is 1. The second-order valence-electron chi connectivity index (χ2n) is 4.63. The Balaban J connectivity index is 3.01. The molecule has 0 aliphatic heterocycles. The molecule has 21 heavy (non-hydrogen) atoms. The van der Waals surface area contributed by atoms with Crippen LogP contribution in [0.5, 0.6) is 0 Å². The Bertz CT molecular complexity index is 521. The maximum atomic E-state index is 13.4. The van der Waals surface area contributed by atoms with Gasteiger partial charge >= 0.3 is 0 Å². The zero-order valence-electron chi connectivity index (χ0n) is 11.7. The van der Waals surface area contributed by atoms with Crippen molar-refractivity contribution in [3.8, 4) is 0 Å². The summed E-state index contributed by atoms with van der Waals surface area (Å²) in [5.41, 5.74) is -1.22. The molecule has 8 heteroatoms. The Hall–Kier alpha value is -1.86. The first-order valence-electron chi connectivity index (χ1n) is 6.29. The van der Waals surface area contributed by atoms with Crippen LogP contribution in [0, 0.1) is 29.1 Å². The molecule has 0 aromatic heterocycles. The van der Waals surface area contributed by atoms with Crippen LogP contribution in [0.4, 0.5) is 27.6 Å². The van der Waals surface area contributed by atoms with Gasteiger partial charge in [0.2, 0.25) is 11.7 Å². The summed E-state index contributed by atoms with van der Waals surface area (Å²) in [6.45, 7) is 4.77. The summed E-state index contributed by atoms with van der Waals surface area (Å²) in [6.07, 6.45) is 0.626. The highest BCUT2D eigenvalue weighted by Gasteiger charge is 2.27. The molecule has 0 saturated carbocycles. The van der Waals surface area contributed by atoms with E-state index in [1.54, 1.807) is 6.92 Å². The maximum Gasteiger partial charge on any atom is 0.242 e. The van der Waals surface area contributed by atoms with Gasteiger partial charge in [0.05, 0.1) is 0 Å². The van der Waals surface area contributed by atoms with E-state index in [4.69, 9.17) is 0 Å². The first-order valence-corrected chi connectivity index (χ1v) is 6.29. The summed E-state index contributed by atoms with van der Waals surface area (Å²) in [7, 11) is 0. The average Bonchev–Trinajstić information content (AvgIpc) is 2.46. The lowest BCUT2D eigenvalue weighted by atomic mass is 10.2. The Morgan fingerprint density at radius 1 is 0.952 bits per heavy atom. The van der Waals surface area contributed by atoms with Crippen LogP contribution in [-0.4, -0.2) is 18.0 Å². The molecule has 1 amide bonds. The third kappa shape index (κ3) is 3.62. The third-order valence-corrected chi connectivity index (χ3v) is 2.96. The van der Waals surface area contributed by atoms with Gasteiger partial charge in [-0.25, -0.2) is 22.0 Å². The van der Waals surface area contributed by atoms with Gasteiger partial charge in [-0.05, 0) is 20.3 Å². The average molecular weight is 310 g/mol. The molecule has 0 radical (unpaired) electrons. The normalized spacial score (nSPS) is 13.7. The predicted octanol–water partition coefficient (Wildman–Crippen LogP) is 3.10. The standard InChI is InChI=1S/C13H15F5N2O/c1-4-5(2)19-13(21)6(3)20-12-10(17)8(15)7(14)9(16)11(12)18/h5-6,20H,4H2,1-3H3,(H,19,21). The van der Waals surface area contributed by atoms with Gasteiger partial charge in [-0.15, -0.1) is 0 Å². The molecule has 118 valence electrons. The van der Waals surface area contributed by atoms with Gasteiger partial charge in [0, 0.05) is 6.04 Å². The van der Waals surface area contributed by atoms with E-state index in [0.717, 1.165) is 0 Å². The van der Waals surface area contributed by atoms with Gasteiger partial charge in [-0.1, -0.05) is 6.92 Å². The molecule has 0 heterocycles. The Morgan fingerprint density at radius 3 is 1.81 bits per heavy atom. The van der Waals surface area contributed by atoms with E-state index < -0.39 is 46.7 Å². The number of anilines is 1. The molecule has 2 N–H and O–H groups in total. The third-order valence-electron chi connectivity index (χ3n) is 2.96. The van der Waals surface area contributed by atoms with Crippen molar-refractivity contribution < 1.29 is 26.7 Å². The fourth-order valence-electron chi connectivity index (χ4n) is 1.48. The van der Waals surface area contributed by atoms with E-state index >= 15 is 0 Å². The van der Waals surface area contributed by atoms with Gasteiger partial charge in [0.25, 0.3) is 0 Å². The highest BCUT2D eigenvalue weighted by atomic mass is 19.2. The summed E-state index contributed by atoms with van der Waals surface area (Å²) >= 11 is 0. The molecule has 2 unspecified atom stereocenters. The largest absolute Gasteiger partial charge is 0.369 e. The van der Waals surface area contributed by atoms with Crippen molar-refractivity contribution in [1.29, 1.82) is 0 Å². The molecule has 1 aromatic carbocycles. The molecular weight excluding hydrogens is 295 g/mol. The van der Waals surface area contributed by atoms with Gasteiger partial charge in [-0.3, -0.25) is 4.79 Å². The van der Waals surface area contributed by atoms with E-state index in [1.165, 1.54) is 6.92 Å². The number of hydrogen-bond acceptors (Lipinski definition) is 2. The minimum absolute atomic E-state index is 0.182. The van der Waals surface area contributed by atoms with E-state index in [0.29, 0.717) is 6.42 Å². The number of benzene rings is 1. The van der Waals surface area contributed by atoms with Crippen LogP contribution in [-0.2, 0) is 4.79 Å². The number of amides is 1. The fourth-order valence-corrected chi connectivity index (χ4v) is 1.48. The lowest BCUT2D eigenvalue weighted by Gasteiger charge is -2.19. The topological polar surface area (TPSA) is 41.1 Å². The van der Waals surface area contributed by atoms with Crippen LogP contribution in [0.1, 0.15) is 27.2 Å². The molecule has 0 spiro atoms. The minimum atomic E-state index is -2.24. The molecule has 0 aliphatic carbocycles. The van der Waals surface area contributed by atoms with Crippen molar-refractivity contribution in [2.24, 2.45) is 0 Å². The molecule has 3 nitrogen and oxygen atoms in total. The lowest BCUT2D eigenvalue weighted by molar-refractivity contribution is -0.122. The Morgan fingerprint density at radius 2 is 1.38 bits per heavy atom. The van der Waals surface area contributed by atoms with E-state index in [-0.39, 0.29) is 6.04 Å². The zero-order valence-corrected chi connectivity index (χ0v) is 11.7. The summed E-state index contributed by atoms with van der Waals surface area (Å²) in [4.78, 5) is 11.7. The molecule has 0 fully saturated rings. The second-order valence-corrected chi connectivity index (χ2v) is 4.63. The number of rotatable bonds is 5. The van der Waals surface area contributed by atoms with Crippen LogP contribution in [0.2, 0.25) is 0 Å². The smallest absolute Gasteiger partial charge is 0.242 e. The highest BCUT2D eigenvalue weighted by Crippen LogP contribution is 2.27. The van der Waals surface area contributed by atoms with Crippen molar-refractivity contribution >= 4 is 11.6 Å². The summed E-state index contributed by atoms with van der Waals surface area (Å²) in [5, 5.41) is 4.53. The SMILES string of the molecule is CCC(C)NC(=O)C(C)Nc1c(F)c(F)c(F)c(F)c1F. The van der Waals surface area contributed by atoms with E-state index in [9.17, 15) is 26.7 Å². The van der Waals surface area contributed by atoms with Crippen LogP contribution in [0.25, 0.3) is 0 Å². The number of carbonyl (C=O) groups is 1. The van der Waals surface area contributed by atoms with Crippen molar-refractivity contribution in [3.63, 3.8) is 0 Å². The van der Waals surface area contributed by atoms with Crippen LogP contribution >= 0.6 is 0 Å². The minimum Gasteiger partial charge on any atom is -0.369 e.